The van der Waals surface area contributed by atoms with E-state index in [0.29, 0.717) is 18.4 Å². The summed E-state index contributed by atoms with van der Waals surface area (Å²) in [6, 6.07) is 6.50. The topological polar surface area (TPSA) is 52.9 Å². The smallest absolute Gasteiger partial charge is 0.344 e. The van der Waals surface area contributed by atoms with Crippen molar-refractivity contribution in [1.82, 2.24) is 5.32 Å². The molecule has 0 unspecified atom stereocenters. The highest BCUT2D eigenvalue weighted by Crippen LogP contribution is 2.40. The van der Waals surface area contributed by atoms with Gasteiger partial charge in [-0.25, -0.2) is 0 Å². The minimum absolute atomic E-state index is 0.0588. The molecule has 1 aromatic carbocycles. The Kier molecular flexibility index (Phi) is 4.42. The molecule has 114 valence electrons. The first kappa shape index (κ1) is 15.9. The number of halogens is 3. The van der Waals surface area contributed by atoms with Gasteiger partial charge in [0.15, 0.2) is 0 Å². The Morgan fingerprint density at radius 1 is 1.27 bits per heavy atom. The second-order valence-corrected chi connectivity index (χ2v) is 5.11. The van der Waals surface area contributed by atoms with Crippen molar-refractivity contribution in [1.29, 1.82) is 5.26 Å². The Bertz CT molecular complexity index is 656. The van der Waals surface area contributed by atoms with E-state index in [4.69, 9.17) is 5.26 Å². The molecule has 0 heterocycles. The summed E-state index contributed by atoms with van der Waals surface area (Å²) < 4.78 is 37.2. The van der Waals surface area contributed by atoms with Crippen LogP contribution in [0.5, 0.6) is 0 Å². The van der Waals surface area contributed by atoms with Gasteiger partial charge >= 0.3 is 6.18 Å². The molecule has 0 spiro atoms. The summed E-state index contributed by atoms with van der Waals surface area (Å²) in [4.78, 5) is 11.8. The van der Waals surface area contributed by atoms with Crippen molar-refractivity contribution in [2.24, 2.45) is 5.41 Å². The molecule has 0 radical (unpaired) electrons. The van der Waals surface area contributed by atoms with Crippen molar-refractivity contribution in [3.05, 3.63) is 35.4 Å². The maximum Gasteiger partial charge on any atom is 0.416 e. The van der Waals surface area contributed by atoms with Crippen molar-refractivity contribution in [2.45, 2.75) is 25.4 Å². The van der Waals surface area contributed by atoms with Crippen LogP contribution in [0.15, 0.2) is 24.3 Å². The van der Waals surface area contributed by atoms with E-state index in [0.717, 1.165) is 18.6 Å². The number of nitrogens with zero attached hydrogens (tertiary/aromatic N) is 1. The van der Waals surface area contributed by atoms with E-state index < -0.39 is 17.2 Å². The summed E-state index contributed by atoms with van der Waals surface area (Å²) in [6.07, 6.45) is -2.39. The number of nitrogens with one attached hydrogen (secondary N) is 1. The molecule has 1 fully saturated rings. The fraction of sp³-hybridized carbons (Fsp3) is 0.375. The van der Waals surface area contributed by atoms with Gasteiger partial charge in [-0.05, 0) is 43.5 Å². The van der Waals surface area contributed by atoms with Gasteiger partial charge in [0, 0.05) is 5.56 Å². The summed E-state index contributed by atoms with van der Waals surface area (Å²) in [5.41, 5.74) is -1.22. The third-order valence-electron chi connectivity index (χ3n) is 3.64. The van der Waals surface area contributed by atoms with Gasteiger partial charge < -0.3 is 5.32 Å². The van der Waals surface area contributed by atoms with Crippen molar-refractivity contribution < 1.29 is 18.0 Å². The quantitative estimate of drug-likeness (QED) is 0.854. The summed E-state index contributed by atoms with van der Waals surface area (Å²) in [5.74, 6) is 5.00. The predicted molar refractivity (Wildman–Crippen MR) is 73.2 cm³/mol. The van der Waals surface area contributed by atoms with E-state index in [1.54, 1.807) is 0 Å². The highest BCUT2D eigenvalue weighted by molar-refractivity contribution is 5.86. The molecule has 0 saturated heterocycles. The largest absolute Gasteiger partial charge is 0.416 e. The van der Waals surface area contributed by atoms with Crippen LogP contribution < -0.4 is 5.32 Å². The SMILES string of the molecule is N#CC1(C(=O)NCC#Cc2ccc(C(F)(F)F)cc2)CCC1. The zero-order valence-electron chi connectivity index (χ0n) is 11.6. The molecule has 1 aromatic rings. The summed E-state index contributed by atoms with van der Waals surface area (Å²) in [5, 5.41) is 11.6. The maximum absolute atomic E-state index is 12.4. The number of carbonyl (C=O) groups excluding carboxylic acids is 1. The lowest BCUT2D eigenvalue weighted by Crippen LogP contribution is -2.44. The van der Waals surface area contributed by atoms with E-state index in [9.17, 15) is 18.0 Å². The van der Waals surface area contributed by atoms with Crippen molar-refractivity contribution in [2.75, 3.05) is 6.54 Å². The molecular formula is C16H13F3N2O. The lowest BCUT2D eigenvalue weighted by molar-refractivity contribution is -0.137. The molecule has 1 saturated carbocycles. The Morgan fingerprint density at radius 3 is 2.36 bits per heavy atom. The number of hydrogen-bond acceptors (Lipinski definition) is 2. The number of benzene rings is 1. The van der Waals surface area contributed by atoms with Crippen molar-refractivity contribution >= 4 is 5.91 Å². The Morgan fingerprint density at radius 2 is 1.91 bits per heavy atom. The van der Waals surface area contributed by atoms with Gasteiger partial charge in [-0.3, -0.25) is 4.79 Å². The summed E-state index contributed by atoms with van der Waals surface area (Å²) >= 11 is 0. The van der Waals surface area contributed by atoms with Crippen LogP contribution in [0.25, 0.3) is 0 Å². The van der Waals surface area contributed by atoms with Crippen LogP contribution in [0.3, 0.4) is 0 Å². The highest BCUT2D eigenvalue weighted by Gasteiger charge is 2.44. The second-order valence-electron chi connectivity index (χ2n) is 5.11. The Labute approximate surface area is 126 Å². The number of amides is 1. The average Bonchev–Trinajstić information content (AvgIpc) is 2.42. The third kappa shape index (κ3) is 3.40. The highest BCUT2D eigenvalue weighted by atomic mass is 19.4. The maximum atomic E-state index is 12.4. The van der Waals surface area contributed by atoms with Crippen LogP contribution >= 0.6 is 0 Å². The fourth-order valence-corrected chi connectivity index (χ4v) is 2.10. The van der Waals surface area contributed by atoms with E-state index >= 15 is 0 Å². The predicted octanol–water partition coefficient (Wildman–Crippen LogP) is 2.87. The molecule has 0 bridgehead atoms. The van der Waals surface area contributed by atoms with Crippen LogP contribution in [-0.4, -0.2) is 12.5 Å². The first-order valence-electron chi connectivity index (χ1n) is 6.73. The van der Waals surface area contributed by atoms with Gasteiger partial charge in [0.1, 0.15) is 5.41 Å². The van der Waals surface area contributed by atoms with Crippen LogP contribution in [0, 0.1) is 28.6 Å². The molecular weight excluding hydrogens is 293 g/mol. The third-order valence-corrected chi connectivity index (χ3v) is 3.64. The lowest BCUT2D eigenvalue weighted by atomic mass is 9.69. The fourth-order valence-electron chi connectivity index (χ4n) is 2.10. The van der Waals surface area contributed by atoms with Gasteiger partial charge in [-0.15, -0.1) is 0 Å². The first-order valence-corrected chi connectivity index (χ1v) is 6.73. The normalized spacial score (nSPS) is 15.7. The molecule has 0 atom stereocenters. The molecule has 0 aliphatic heterocycles. The summed E-state index contributed by atoms with van der Waals surface area (Å²) in [7, 11) is 0. The Balaban J connectivity index is 1.89. The van der Waals surface area contributed by atoms with Crippen molar-refractivity contribution in [3.8, 4) is 17.9 Å². The number of carbonyl (C=O) groups is 1. The van der Waals surface area contributed by atoms with Gasteiger partial charge in [0.05, 0.1) is 18.2 Å². The molecule has 22 heavy (non-hydrogen) atoms. The standard InChI is InChI=1S/C16H13F3N2O/c17-16(18,19)13-6-4-12(5-7-13)3-1-10-21-14(22)15(11-20)8-2-9-15/h4-7H,2,8-10H2,(H,21,22). The zero-order valence-corrected chi connectivity index (χ0v) is 11.6. The number of alkyl halides is 3. The number of rotatable bonds is 2. The molecule has 6 heteroatoms. The van der Waals surface area contributed by atoms with Gasteiger partial charge in [-0.2, -0.15) is 18.4 Å². The summed E-state index contributed by atoms with van der Waals surface area (Å²) in [6.45, 7) is 0.0588. The van der Waals surface area contributed by atoms with E-state index in [1.165, 1.54) is 12.1 Å². The Hall–Kier alpha value is -2.47. The molecule has 0 aromatic heterocycles. The number of hydrogen-bond donors (Lipinski definition) is 1. The lowest BCUT2D eigenvalue weighted by Gasteiger charge is -2.32. The van der Waals surface area contributed by atoms with E-state index in [1.807, 2.05) is 6.07 Å². The molecule has 1 amide bonds. The minimum atomic E-state index is -4.37. The van der Waals surface area contributed by atoms with Crippen LogP contribution in [0.1, 0.15) is 30.4 Å². The minimum Gasteiger partial charge on any atom is -0.344 e. The zero-order chi connectivity index (χ0) is 16.2. The van der Waals surface area contributed by atoms with E-state index in [2.05, 4.69) is 17.2 Å². The monoisotopic (exact) mass is 306 g/mol. The molecule has 1 aliphatic carbocycles. The van der Waals surface area contributed by atoms with Crippen LogP contribution in [0.2, 0.25) is 0 Å². The number of nitriles is 1. The second kappa shape index (κ2) is 6.11. The van der Waals surface area contributed by atoms with Gasteiger partial charge in [0.25, 0.3) is 0 Å². The van der Waals surface area contributed by atoms with E-state index in [-0.39, 0.29) is 12.5 Å². The molecule has 3 nitrogen and oxygen atoms in total. The van der Waals surface area contributed by atoms with Crippen LogP contribution in [0.4, 0.5) is 13.2 Å². The molecule has 1 aliphatic rings. The van der Waals surface area contributed by atoms with Gasteiger partial charge in [0.2, 0.25) is 5.91 Å². The van der Waals surface area contributed by atoms with Crippen molar-refractivity contribution in [3.63, 3.8) is 0 Å². The molecule has 2 rings (SSSR count). The van der Waals surface area contributed by atoms with Gasteiger partial charge in [-0.1, -0.05) is 11.8 Å². The first-order chi connectivity index (χ1) is 10.4. The van der Waals surface area contributed by atoms with Crippen LogP contribution in [-0.2, 0) is 11.0 Å². The average molecular weight is 306 g/mol. The molecule has 1 N–H and O–H groups in total.